The van der Waals surface area contributed by atoms with E-state index >= 15 is 0 Å². The van der Waals surface area contributed by atoms with Gasteiger partial charge in [0, 0.05) is 9.38 Å². The van der Waals surface area contributed by atoms with E-state index in [2.05, 4.69) is 5.11 Å². The third-order valence-corrected chi connectivity index (χ3v) is 1.25. The van der Waals surface area contributed by atoms with Crippen LogP contribution in [0.1, 0.15) is 0 Å². The second-order valence-electron chi connectivity index (χ2n) is 0.915. The maximum Gasteiger partial charge on any atom is 0.347 e. The first-order valence-electron chi connectivity index (χ1n) is 1.56. The second kappa shape index (κ2) is 1.42. The van der Waals surface area contributed by atoms with Crippen molar-refractivity contribution in [3.05, 3.63) is 16.8 Å². The van der Waals surface area contributed by atoms with Gasteiger partial charge in [-0.25, -0.2) is 0 Å². The molecule has 1 unspecified atom stereocenters. The van der Waals surface area contributed by atoms with E-state index in [0.717, 1.165) is 0 Å². The van der Waals surface area contributed by atoms with Crippen molar-refractivity contribution in [1.82, 2.24) is 0 Å². The molecule has 0 spiro atoms. The van der Waals surface area contributed by atoms with Crippen molar-refractivity contribution in [2.45, 2.75) is 0 Å². The molecule has 0 amide bonds. The summed E-state index contributed by atoms with van der Waals surface area (Å²) < 4.78 is 10.3. The van der Waals surface area contributed by atoms with Crippen LogP contribution in [0.5, 0.6) is 0 Å². The maximum absolute atomic E-state index is 10.1. The topological polar surface area (TPSA) is 55.5 Å². The van der Waals surface area contributed by atoms with Gasteiger partial charge in [-0.15, -0.1) is 0 Å². The van der Waals surface area contributed by atoms with Crippen LogP contribution in [0.15, 0.2) is 16.7 Å². The summed E-state index contributed by atoms with van der Waals surface area (Å²) in [5.74, 6) is 0. The van der Waals surface area contributed by atoms with Gasteiger partial charge in [0.05, 0.1) is 5.41 Å². The molecule has 0 aromatic heterocycles. The van der Waals surface area contributed by atoms with Crippen molar-refractivity contribution >= 4 is 11.0 Å². The summed E-state index contributed by atoms with van der Waals surface area (Å²) in [6, 6.07) is 0. The fourth-order valence-corrected chi connectivity index (χ4v) is 0.642. The summed E-state index contributed by atoms with van der Waals surface area (Å²) in [7, 11) is -1.54. The molecule has 1 atom stereocenters. The molecule has 4 nitrogen and oxygen atoms in total. The van der Waals surface area contributed by atoms with Crippen molar-refractivity contribution in [2.24, 2.45) is 5.11 Å². The van der Waals surface area contributed by atoms with Gasteiger partial charge in [-0.05, 0) is 0 Å². The molecule has 1 rings (SSSR count). The molecular formula is C2H2N2O2S. The van der Waals surface area contributed by atoms with Crippen molar-refractivity contribution in [3.63, 3.8) is 0 Å². The summed E-state index contributed by atoms with van der Waals surface area (Å²) in [6.07, 6.45) is 1.21. The van der Waals surface area contributed by atoms with Crippen LogP contribution in [-0.2, 0) is 11.0 Å². The van der Waals surface area contributed by atoms with Gasteiger partial charge >= 0.3 is 11.0 Å². The average Bonchev–Trinajstić information content (AvgIpc) is 1.91. The second-order valence-corrected chi connectivity index (χ2v) is 2.05. The van der Waals surface area contributed by atoms with Gasteiger partial charge in [0.2, 0.25) is 0 Å². The highest BCUT2D eigenvalue weighted by molar-refractivity contribution is 7.82. The zero-order chi connectivity index (χ0) is 5.28. The number of rotatable bonds is 0. The normalized spacial score (nSPS) is 28.0. The van der Waals surface area contributed by atoms with Crippen LogP contribution in [0.4, 0.5) is 0 Å². The largest absolute Gasteiger partial charge is 0.584 e. The molecule has 0 N–H and O–H groups in total. The van der Waals surface area contributed by atoms with Crippen LogP contribution in [0, 0.1) is 5.21 Å². The quantitative estimate of drug-likeness (QED) is 0.334. The lowest BCUT2D eigenvalue weighted by Crippen LogP contribution is -1.94. The third-order valence-electron chi connectivity index (χ3n) is 0.492. The van der Waals surface area contributed by atoms with Gasteiger partial charge in [0.15, 0.2) is 0 Å². The summed E-state index contributed by atoms with van der Waals surface area (Å²) in [4.78, 5) is 0. The van der Waals surface area contributed by atoms with Crippen molar-refractivity contribution < 1.29 is 8.47 Å². The Bertz CT molecular complexity index is 161. The van der Waals surface area contributed by atoms with E-state index in [-0.39, 0.29) is 4.27 Å². The van der Waals surface area contributed by atoms with Crippen LogP contribution < -0.4 is 0 Å². The van der Waals surface area contributed by atoms with E-state index in [9.17, 15) is 9.42 Å². The first kappa shape index (κ1) is 4.45. The zero-order valence-electron chi connectivity index (χ0n) is 3.27. The minimum atomic E-state index is -1.54. The highest BCUT2D eigenvalue weighted by atomic mass is 32.2. The highest BCUT2D eigenvalue weighted by Crippen LogP contribution is 1.96. The molecule has 0 aromatic carbocycles. The van der Waals surface area contributed by atoms with Crippen LogP contribution in [-0.4, -0.2) is 8.47 Å². The Hall–Kier alpha value is -0.710. The van der Waals surface area contributed by atoms with Gasteiger partial charge in [0.25, 0.3) is 0 Å². The van der Waals surface area contributed by atoms with E-state index in [0.29, 0.717) is 0 Å². The van der Waals surface area contributed by atoms with Crippen molar-refractivity contribution in [3.8, 4) is 0 Å². The maximum atomic E-state index is 10.1. The highest BCUT2D eigenvalue weighted by Gasteiger charge is 2.08. The number of hydrogen-bond acceptors (Lipinski definition) is 3. The Balaban J connectivity index is 2.89. The Labute approximate surface area is 42.3 Å². The standard InChI is InChI=1S/C2H2N2O2S/c5-4-3-1-2-7(4)6/h1-2H. The van der Waals surface area contributed by atoms with Gasteiger partial charge in [-0.1, -0.05) is 0 Å². The monoisotopic (exact) mass is 118 g/mol. The Kier molecular flexibility index (Phi) is 0.900. The third kappa shape index (κ3) is 0.663. The molecular weight excluding hydrogens is 116 g/mol. The molecule has 1 heterocycles. The molecule has 38 valence electrons. The van der Waals surface area contributed by atoms with Gasteiger partial charge < -0.3 is 5.21 Å². The molecule has 0 saturated heterocycles. The minimum Gasteiger partial charge on any atom is -0.584 e. The zero-order valence-corrected chi connectivity index (χ0v) is 4.09. The molecule has 0 aliphatic carbocycles. The molecule has 5 heteroatoms. The minimum absolute atomic E-state index is 0.139. The van der Waals surface area contributed by atoms with Gasteiger partial charge in [0.1, 0.15) is 6.20 Å². The number of nitrogens with zero attached hydrogens (tertiary/aromatic N) is 2. The molecule has 1 aliphatic heterocycles. The van der Waals surface area contributed by atoms with Crippen molar-refractivity contribution in [1.29, 1.82) is 0 Å². The summed E-state index contributed by atoms with van der Waals surface area (Å²) >= 11 is 0. The van der Waals surface area contributed by atoms with E-state index in [1.54, 1.807) is 0 Å². The molecule has 7 heavy (non-hydrogen) atoms. The first-order valence-corrected chi connectivity index (χ1v) is 2.73. The molecule has 0 radical (unpaired) electrons. The van der Waals surface area contributed by atoms with E-state index in [1.165, 1.54) is 11.6 Å². The number of hydrogen-bond donors (Lipinski definition) is 0. The Morgan fingerprint density at radius 2 is 2.57 bits per heavy atom. The van der Waals surface area contributed by atoms with E-state index in [1.807, 2.05) is 0 Å². The first-order chi connectivity index (χ1) is 3.30. The Morgan fingerprint density at radius 3 is 2.71 bits per heavy atom. The predicted octanol–water partition coefficient (Wildman–Crippen LogP) is 0.0974. The van der Waals surface area contributed by atoms with Gasteiger partial charge in [-0.3, -0.25) is 0 Å². The predicted molar refractivity (Wildman–Crippen MR) is 23.3 cm³/mol. The summed E-state index contributed by atoms with van der Waals surface area (Å²) in [5.41, 5.74) is 0. The molecule has 0 aromatic rings. The molecule has 1 aliphatic rings. The van der Waals surface area contributed by atoms with Crippen LogP contribution in [0.25, 0.3) is 0 Å². The van der Waals surface area contributed by atoms with Crippen molar-refractivity contribution in [2.75, 3.05) is 0 Å². The lowest BCUT2D eigenvalue weighted by Gasteiger charge is -1.82. The SMILES string of the molecule is O=S1C=CN=[N+]1[O-]. The van der Waals surface area contributed by atoms with Gasteiger partial charge in [-0.2, -0.15) is 4.21 Å². The lowest BCUT2D eigenvalue weighted by molar-refractivity contribution is -0.347. The summed E-state index contributed by atoms with van der Waals surface area (Å²) in [5, 5.41) is 14.3. The van der Waals surface area contributed by atoms with E-state index < -0.39 is 11.0 Å². The van der Waals surface area contributed by atoms with E-state index in [4.69, 9.17) is 0 Å². The molecule has 0 saturated carbocycles. The summed E-state index contributed by atoms with van der Waals surface area (Å²) in [6.45, 7) is 0. The molecule has 0 bridgehead atoms. The smallest absolute Gasteiger partial charge is 0.347 e. The van der Waals surface area contributed by atoms with Crippen LogP contribution in [0.2, 0.25) is 0 Å². The fourth-order valence-electron chi connectivity index (χ4n) is 0.232. The lowest BCUT2D eigenvalue weighted by atomic mass is 11.1. The Morgan fingerprint density at radius 1 is 1.86 bits per heavy atom. The molecule has 0 fully saturated rings. The van der Waals surface area contributed by atoms with Crippen LogP contribution in [0.3, 0.4) is 0 Å². The fraction of sp³-hybridized carbons (Fsp3) is 0. The average molecular weight is 118 g/mol. The van der Waals surface area contributed by atoms with Crippen LogP contribution >= 0.6 is 0 Å².